The van der Waals surface area contributed by atoms with Gasteiger partial charge in [0.25, 0.3) is 0 Å². The molecule has 0 aliphatic rings. The van der Waals surface area contributed by atoms with E-state index in [0.717, 1.165) is 15.8 Å². The summed E-state index contributed by atoms with van der Waals surface area (Å²) < 4.78 is 27.9. The molecule has 2 heterocycles. The third kappa shape index (κ3) is 2.45. The second-order valence-corrected chi connectivity index (χ2v) is 4.29. The topological polar surface area (TPSA) is 35.6 Å². The van der Waals surface area contributed by atoms with Crippen molar-refractivity contribution < 1.29 is 8.78 Å². The number of hydrogen-bond acceptors (Lipinski definition) is 2. The SMILES string of the molecule is FC(F)n1ccnc1Cn1ccc(-c2ccccc2)n1. The molecule has 0 aliphatic carbocycles. The summed E-state index contributed by atoms with van der Waals surface area (Å²) in [6, 6.07) is 11.5. The fraction of sp³-hybridized carbons (Fsp3) is 0.143. The van der Waals surface area contributed by atoms with Crippen LogP contribution < -0.4 is 0 Å². The van der Waals surface area contributed by atoms with Crippen LogP contribution in [0.2, 0.25) is 0 Å². The first-order valence-corrected chi connectivity index (χ1v) is 6.13. The Bertz CT molecular complexity index is 688. The van der Waals surface area contributed by atoms with Crippen molar-refractivity contribution >= 4 is 0 Å². The number of nitrogens with zero attached hydrogens (tertiary/aromatic N) is 4. The lowest BCUT2D eigenvalue weighted by Crippen LogP contribution is -2.09. The predicted octanol–water partition coefficient (Wildman–Crippen LogP) is 3.19. The van der Waals surface area contributed by atoms with Crippen molar-refractivity contribution in [1.82, 2.24) is 19.3 Å². The highest BCUT2D eigenvalue weighted by Crippen LogP contribution is 2.17. The minimum Gasteiger partial charge on any atom is -0.276 e. The number of rotatable bonds is 4. The molecule has 0 amide bonds. The maximum absolute atomic E-state index is 12.7. The molecule has 102 valence electrons. The first kappa shape index (κ1) is 12.5. The Morgan fingerprint density at radius 2 is 1.85 bits per heavy atom. The van der Waals surface area contributed by atoms with Crippen LogP contribution in [-0.4, -0.2) is 19.3 Å². The van der Waals surface area contributed by atoms with E-state index in [2.05, 4.69) is 10.1 Å². The molecule has 0 aliphatic heterocycles. The summed E-state index contributed by atoms with van der Waals surface area (Å²) in [5.41, 5.74) is 1.80. The van der Waals surface area contributed by atoms with E-state index < -0.39 is 6.55 Å². The van der Waals surface area contributed by atoms with E-state index in [9.17, 15) is 8.78 Å². The van der Waals surface area contributed by atoms with Crippen molar-refractivity contribution in [3.05, 3.63) is 60.8 Å². The first-order chi connectivity index (χ1) is 9.74. The molecule has 0 fully saturated rings. The molecule has 4 nitrogen and oxygen atoms in total. The van der Waals surface area contributed by atoms with Crippen LogP contribution in [0, 0.1) is 0 Å². The maximum atomic E-state index is 12.7. The number of aromatic nitrogens is 4. The molecular formula is C14H12F2N4. The first-order valence-electron chi connectivity index (χ1n) is 6.13. The summed E-state index contributed by atoms with van der Waals surface area (Å²) in [5.74, 6) is 0.280. The summed E-state index contributed by atoms with van der Waals surface area (Å²) in [6.07, 6.45) is 4.39. The number of hydrogen-bond donors (Lipinski definition) is 0. The van der Waals surface area contributed by atoms with Crippen LogP contribution in [-0.2, 0) is 6.54 Å². The Morgan fingerprint density at radius 1 is 1.05 bits per heavy atom. The molecule has 3 aromatic rings. The van der Waals surface area contributed by atoms with Gasteiger partial charge in [-0.1, -0.05) is 30.3 Å². The van der Waals surface area contributed by atoms with Gasteiger partial charge in [0.05, 0.1) is 12.2 Å². The molecule has 0 saturated carbocycles. The average Bonchev–Trinajstić information content (AvgIpc) is 3.09. The van der Waals surface area contributed by atoms with Crippen LogP contribution in [0.4, 0.5) is 8.78 Å². The van der Waals surface area contributed by atoms with E-state index in [0.29, 0.717) is 0 Å². The van der Waals surface area contributed by atoms with Gasteiger partial charge in [-0.25, -0.2) is 4.98 Å². The number of imidazole rings is 1. The second kappa shape index (κ2) is 5.24. The Hall–Kier alpha value is -2.50. The van der Waals surface area contributed by atoms with E-state index >= 15 is 0 Å². The van der Waals surface area contributed by atoms with Gasteiger partial charge in [0.15, 0.2) is 0 Å². The van der Waals surface area contributed by atoms with Crippen molar-refractivity contribution in [1.29, 1.82) is 0 Å². The molecule has 0 saturated heterocycles. The molecule has 20 heavy (non-hydrogen) atoms. The minimum atomic E-state index is -2.59. The molecule has 2 aromatic heterocycles. The Kier molecular flexibility index (Phi) is 3.28. The monoisotopic (exact) mass is 274 g/mol. The summed E-state index contributed by atoms with van der Waals surface area (Å²) >= 11 is 0. The Balaban J connectivity index is 1.83. The quantitative estimate of drug-likeness (QED) is 0.732. The molecule has 0 bridgehead atoms. The van der Waals surface area contributed by atoms with Crippen molar-refractivity contribution in [2.24, 2.45) is 0 Å². The maximum Gasteiger partial charge on any atom is 0.319 e. The molecular weight excluding hydrogens is 262 g/mol. The normalized spacial score (nSPS) is 11.2. The van der Waals surface area contributed by atoms with Crippen LogP contribution >= 0.6 is 0 Å². The van der Waals surface area contributed by atoms with Gasteiger partial charge in [0, 0.05) is 24.2 Å². The Morgan fingerprint density at radius 3 is 2.60 bits per heavy atom. The summed E-state index contributed by atoms with van der Waals surface area (Å²) in [5, 5.41) is 4.37. The van der Waals surface area contributed by atoms with Gasteiger partial charge in [0.1, 0.15) is 5.82 Å². The smallest absolute Gasteiger partial charge is 0.276 e. The summed E-state index contributed by atoms with van der Waals surface area (Å²) in [4.78, 5) is 3.94. The van der Waals surface area contributed by atoms with Crippen molar-refractivity contribution in [3.63, 3.8) is 0 Å². The largest absolute Gasteiger partial charge is 0.319 e. The third-order valence-corrected chi connectivity index (χ3v) is 2.97. The van der Waals surface area contributed by atoms with Crippen molar-refractivity contribution in [2.75, 3.05) is 0 Å². The van der Waals surface area contributed by atoms with E-state index in [1.165, 1.54) is 12.4 Å². The molecule has 6 heteroatoms. The second-order valence-electron chi connectivity index (χ2n) is 4.29. The zero-order valence-electron chi connectivity index (χ0n) is 10.5. The highest BCUT2D eigenvalue weighted by Gasteiger charge is 2.12. The van der Waals surface area contributed by atoms with Gasteiger partial charge < -0.3 is 0 Å². The molecule has 0 unspecified atom stereocenters. The lowest BCUT2D eigenvalue weighted by molar-refractivity contribution is 0.0666. The standard InChI is InChI=1S/C14H12F2N4/c15-14(16)20-9-7-17-13(20)10-19-8-6-12(18-19)11-4-2-1-3-5-11/h1-9,14H,10H2. The third-order valence-electron chi connectivity index (χ3n) is 2.97. The van der Waals surface area contributed by atoms with Crippen molar-refractivity contribution in [2.45, 2.75) is 13.1 Å². The molecule has 0 radical (unpaired) electrons. The van der Waals surface area contributed by atoms with Crippen LogP contribution in [0.5, 0.6) is 0 Å². The van der Waals surface area contributed by atoms with Crippen molar-refractivity contribution in [3.8, 4) is 11.3 Å². The Labute approximate surface area is 114 Å². The zero-order chi connectivity index (χ0) is 13.9. The summed E-state index contributed by atoms with van der Waals surface area (Å²) in [6.45, 7) is -2.37. The van der Waals surface area contributed by atoms with Gasteiger partial charge in [0.2, 0.25) is 0 Å². The van der Waals surface area contributed by atoms with Gasteiger partial charge in [-0.2, -0.15) is 13.9 Å². The van der Waals surface area contributed by atoms with Crippen LogP contribution in [0.1, 0.15) is 12.4 Å². The van der Waals surface area contributed by atoms with Gasteiger partial charge >= 0.3 is 6.55 Å². The molecule has 0 atom stereocenters. The lowest BCUT2D eigenvalue weighted by Gasteiger charge is -2.06. The molecule has 0 spiro atoms. The van der Waals surface area contributed by atoms with Gasteiger partial charge in [-0.15, -0.1) is 0 Å². The highest BCUT2D eigenvalue weighted by atomic mass is 19.3. The predicted molar refractivity (Wildman–Crippen MR) is 70.2 cm³/mol. The van der Waals surface area contributed by atoms with Crippen LogP contribution in [0.25, 0.3) is 11.3 Å². The summed E-state index contributed by atoms with van der Waals surface area (Å²) in [7, 11) is 0. The van der Waals surface area contributed by atoms with Gasteiger partial charge in [-0.05, 0) is 6.07 Å². The fourth-order valence-corrected chi connectivity index (χ4v) is 2.00. The van der Waals surface area contributed by atoms with Gasteiger partial charge in [-0.3, -0.25) is 9.25 Å². The highest BCUT2D eigenvalue weighted by molar-refractivity contribution is 5.57. The van der Waals surface area contributed by atoms with E-state index in [1.54, 1.807) is 10.9 Å². The zero-order valence-corrected chi connectivity index (χ0v) is 10.5. The van der Waals surface area contributed by atoms with Crippen LogP contribution in [0.15, 0.2) is 55.0 Å². The van der Waals surface area contributed by atoms with E-state index in [1.807, 2.05) is 36.4 Å². The number of benzene rings is 1. The number of alkyl halides is 2. The van der Waals surface area contributed by atoms with E-state index in [4.69, 9.17) is 0 Å². The lowest BCUT2D eigenvalue weighted by atomic mass is 10.2. The molecule has 1 aromatic carbocycles. The fourth-order valence-electron chi connectivity index (χ4n) is 2.00. The average molecular weight is 274 g/mol. The molecule has 0 N–H and O–H groups in total. The van der Waals surface area contributed by atoms with E-state index in [-0.39, 0.29) is 12.4 Å². The van der Waals surface area contributed by atoms with Crippen LogP contribution in [0.3, 0.4) is 0 Å². The number of halogens is 2. The minimum absolute atomic E-state index is 0.212. The molecule has 3 rings (SSSR count).